The second-order valence-electron chi connectivity index (χ2n) is 3.57. The Morgan fingerprint density at radius 2 is 2.21 bits per heavy atom. The van der Waals surface area contributed by atoms with E-state index in [0.29, 0.717) is 0 Å². The molecule has 0 amide bonds. The van der Waals surface area contributed by atoms with Crippen molar-refractivity contribution in [1.82, 2.24) is 0 Å². The second-order valence-corrected chi connectivity index (χ2v) is 4.43. The summed E-state index contributed by atoms with van der Waals surface area (Å²) < 4.78 is 6.11. The lowest BCUT2D eigenvalue weighted by atomic mass is 10.1. The SMILES string of the molecule is COc1ccc(Br)c2c1CC(C)C2=O. The van der Waals surface area contributed by atoms with Gasteiger partial charge in [-0.25, -0.2) is 0 Å². The van der Waals surface area contributed by atoms with Gasteiger partial charge in [-0.05, 0) is 18.6 Å². The molecular formula is C11H11BrO2. The Balaban J connectivity index is 2.64. The van der Waals surface area contributed by atoms with Crippen LogP contribution in [0, 0.1) is 5.92 Å². The minimum atomic E-state index is 0.0811. The molecule has 0 fully saturated rings. The molecule has 1 atom stereocenters. The van der Waals surface area contributed by atoms with Gasteiger partial charge in [0.05, 0.1) is 7.11 Å². The van der Waals surface area contributed by atoms with Crippen molar-refractivity contribution in [3.63, 3.8) is 0 Å². The summed E-state index contributed by atoms with van der Waals surface area (Å²) in [5.41, 5.74) is 1.84. The van der Waals surface area contributed by atoms with Crippen LogP contribution in [0.25, 0.3) is 0 Å². The number of hydrogen-bond donors (Lipinski definition) is 0. The maximum Gasteiger partial charge on any atom is 0.167 e. The van der Waals surface area contributed by atoms with E-state index in [2.05, 4.69) is 15.9 Å². The van der Waals surface area contributed by atoms with Gasteiger partial charge in [0.15, 0.2) is 5.78 Å². The lowest BCUT2D eigenvalue weighted by Gasteiger charge is -2.06. The van der Waals surface area contributed by atoms with Crippen molar-refractivity contribution in [2.45, 2.75) is 13.3 Å². The Bertz CT molecular complexity index is 399. The third-order valence-corrected chi connectivity index (χ3v) is 3.30. The molecule has 1 aromatic rings. The molecule has 2 nitrogen and oxygen atoms in total. The van der Waals surface area contributed by atoms with Gasteiger partial charge in [0.1, 0.15) is 5.75 Å². The Labute approximate surface area is 91.4 Å². The Morgan fingerprint density at radius 3 is 2.86 bits per heavy atom. The first kappa shape index (κ1) is 9.71. The van der Waals surface area contributed by atoms with E-state index < -0.39 is 0 Å². The van der Waals surface area contributed by atoms with Gasteiger partial charge < -0.3 is 4.74 Å². The molecular weight excluding hydrogens is 244 g/mol. The molecule has 14 heavy (non-hydrogen) atoms. The predicted molar refractivity (Wildman–Crippen MR) is 57.9 cm³/mol. The normalized spacial score (nSPS) is 19.6. The van der Waals surface area contributed by atoms with Crippen LogP contribution in [0.5, 0.6) is 5.75 Å². The summed E-state index contributed by atoms with van der Waals surface area (Å²) in [6.07, 6.45) is 0.788. The van der Waals surface area contributed by atoms with Crippen molar-refractivity contribution in [3.05, 3.63) is 27.7 Å². The van der Waals surface area contributed by atoms with E-state index in [4.69, 9.17) is 4.74 Å². The van der Waals surface area contributed by atoms with Crippen LogP contribution < -0.4 is 4.74 Å². The highest BCUT2D eigenvalue weighted by Crippen LogP contribution is 2.37. The van der Waals surface area contributed by atoms with E-state index in [0.717, 1.165) is 27.8 Å². The standard InChI is InChI=1S/C11H11BrO2/c1-6-5-7-9(14-2)4-3-8(12)10(7)11(6)13/h3-4,6H,5H2,1-2H3. The molecule has 0 N–H and O–H groups in total. The molecule has 0 bridgehead atoms. The largest absolute Gasteiger partial charge is 0.496 e. The number of carbonyl (C=O) groups is 1. The molecule has 1 aliphatic rings. The molecule has 0 spiro atoms. The number of methoxy groups -OCH3 is 1. The summed E-state index contributed by atoms with van der Waals surface area (Å²) in [6, 6.07) is 3.77. The molecule has 2 rings (SSSR count). The predicted octanol–water partition coefficient (Wildman–Crippen LogP) is 2.83. The highest BCUT2D eigenvalue weighted by atomic mass is 79.9. The van der Waals surface area contributed by atoms with E-state index in [1.165, 1.54) is 0 Å². The molecule has 1 aromatic carbocycles. The number of benzene rings is 1. The molecule has 0 aromatic heterocycles. The van der Waals surface area contributed by atoms with Crippen LogP contribution in [0.4, 0.5) is 0 Å². The third kappa shape index (κ3) is 1.27. The fourth-order valence-corrected chi connectivity index (χ4v) is 2.47. The fraction of sp³-hybridized carbons (Fsp3) is 0.364. The minimum absolute atomic E-state index is 0.0811. The summed E-state index contributed by atoms with van der Waals surface area (Å²) in [4.78, 5) is 11.8. The van der Waals surface area contributed by atoms with E-state index >= 15 is 0 Å². The molecule has 0 aliphatic heterocycles. The number of carbonyl (C=O) groups excluding carboxylic acids is 1. The second kappa shape index (κ2) is 3.39. The highest BCUT2D eigenvalue weighted by molar-refractivity contribution is 9.10. The van der Waals surface area contributed by atoms with Crippen LogP contribution in [-0.4, -0.2) is 12.9 Å². The Morgan fingerprint density at radius 1 is 1.50 bits per heavy atom. The van der Waals surface area contributed by atoms with Gasteiger partial charge in [-0.1, -0.05) is 22.9 Å². The van der Waals surface area contributed by atoms with Crippen molar-refractivity contribution in [2.24, 2.45) is 5.92 Å². The fourth-order valence-electron chi connectivity index (χ4n) is 1.91. The summed E-state index contributed by atoms with van der Waals surface area (Å²) in [5.74, 6) is 1.12. The number of Topliss-reactive ketones (excluding diaryl/α,β-unsaturated/α-hetero) is 1. The number of hydrogen-bond acceptors (Lipinski definition) is 2. The number of fused-ring (bicyclic) bond motifs is 1. The van der Waals surface area contributed by atoms with E-state index in [1.807, 2.05) is 19.1 Å². The van der Waals surface area contributed by atoms with Crippen molar-refractivity contribution in [3.8, 4) is 5.75 Å². The zero-order valence-corrected chi connectivity index (χ0v) is 9.72. The maximum absolute atomic E-state index is 11.8. The monoisotopic (exact) mass is 254 g/mol. The van der Waals surface area contributed by atoms with Crippen LogP contribution in [0.2, 0.25) is 0 Å². The van der Waals surface area contributed by atoms with Crippen molar-refractivity contribution in [2.75, 3.05) is 7.11 Å². The molecule has 1 aliphatic carbocycles. The average molecular weight is 255 g/mol. The average Bonchev–Trinajstić information content (AvgIpc) is 2.45. The van der Waals surface area contributed by atoms with Gasteiger partial charge in [-0.3, -0.25) is 4.79 Å². The molecule has 3 heteroatoms. The number of rotatable bonds is 1. The van der Waals surface area contributed by atoms with Crippen molar-refractivity contribution < 1.29 is 9.53 Å². The van der Waals surface area contributed by atoms with Crippen LogP contribution in [0.3, 0.4) is 0 Å². The van der Waals surface area contributed by atoms with Crippen molar-refractivity contribution >= 4 is 21.7 Å². The molecule has 0 heterocycles. The van der Waals surface area contributed by atoms with Crippen LogP contribution in [-0.2, 0) is 6.42 Å². The Kier molecular flexibility index (Phi) is 2.35. The van der Waals surface area contributed by atoms with Crippen molar-refractivity contribution in [1.29, 1.82) is 0 Å². The maximum atomic E-state index is 11.8. The highest BCUT2D eigenvalue weighted by Gasteiger charge is 2.31. The Hall–Kier alpha value is -0.830. The topological polar surface area (TPSA) is 26.3 Å². The quantitative estimate of drug-likeness (QED) is 0.771. The van der Waals surface area contributed by atoms with Gasteiger partial charge in [-0.2, -0.15) is 0 Å². The van der Waals surface area contributed by atoms with Gasteiger partial charge in [0.2, 0.25) is 0 Å². The van der Waals surface area contributed by atoms with Gasteiger partial charge in [0, 0.05) is 21.5 Å². The molecule has 74 valence electrons. The number of ether oxygens (including phenoxy) is 1. The first-order valence-electron chi connectivity index (χ1n) is 4.54. The first-order valence-corrected chi connectivity index (χ1v) is 5.34. The summed E-state index contributed by atoms with van der Waals surface area (Å²) >= 11 is 3.40. The zero-order valence-electron chi connectivity index (χ0n) is 8.13. The summed E-state index contributed by atoms with van der Waals surface area (Å²) in [6.45, 7) is 1.95. The molecule has 0 radical (unpaired) electrons. The van der Waals surface area contributed by atoms with E-state index in [-0.39, 0.29) is 11.7 Å². The van der Waals surface area contributed by atoms with Crippen LogP contribution in [0.15, 0.2) is 16.6 Å². The van der Waals surface area contributed by atoms with Gasteiger partial charge in [0.25, 0.3) is 0 Å². The smallest absolute Gasteiger partial charge is 0.167 e. The van der Waals surface area contributed by atoms with Crippen LogP contribution in [0.1, 0.15) is 22.8 Å². The minimum Gasteiger partial charge on any atom is -0.496 e. The molecule has 0 saturated carbocycles. The third-order valence-electron chi connectivity index (χ3n) is 2.64. The van der Waals surface area contributed by atoms with Gasteiger partial charge in [-0.15, -0.1) is 0 Å². The lowest BCUT2D eigenvalue weighted by molar-refractivity contribution is 0.0945. The first-order chi connectivity index (χ1) is 6.65. The van der Waals surface area contributed by atoms with E-state index in [9.17, 15) is 4.79 Å². The molecule has 0 saturated heterocycles. The number of ketones is 1. The van der Waals surface area contributed by atoms with Crippen LogP contribution >= 0.6 is 15.9 Å². The lowest BCUT2D eigenvalue weighted by Crippen LogP contribution is -2.03. The van der Waals surface area contributed by atoms with E-state index in [1.54, 1.807) is 7.11 Å². The summed E-state index contributed by atoms with van der Waals surface area (Å²) in [5, 5.41) is 0. The molecule has 1 unspecified atom stereocenters. The number of halogens is 1. The summed E-state index contributed by atoms with van der Waals surface area (Å²) in [7, 11) is 1.64. The zero-order chi connectivity index (χ0) is 10.3. The van der Waals surface area contributed by atoms with Gasteiger partial charge >= 0.3 is 0 Å².